The zero-order chi connectivity index (χ0) is 23.0. The number of aromatic nitrogens is 2. The highest BCUT2D eigenvalue weighted by Gasteiger charge is 2.38. The van der Waals surface area contributed by atoms with Gasteiger partial charge in [0.2, 0.25) is 0 Å². The third-order valence-electron chi connectivity index (χ3n) is 4.00. The van der Waals surface area contributed by atoms with Crippen LogP contribution in [0, 0.1) is 0 Å². The SMILES string of the molecule is CN(C)C(=O)Nc1ccc(CNCc2cccc3nccn23)cc1.O=C(O)C(F)(F)F. The van der Waals surface area contributed by atoms with Crippen molar-refractivity contribution in [1.29, 1.82) is 0 Å². The van der Waals surface area contributed by atoms with E-state index in [0.717, 1.165) is 30.0 Å². The molecule has 0 bridgehead atoms. The summed E-state index contributed by atoms with van der Waals surface area (Å²) < 4.78 is 33.8. The maximum Gasteiger partial charge on any atom is 0.490 e. The quantitative estimate of drug-likeness (QED) is 0.569. The van der Waals surface area contributed by atoms with Crippen molar-refractivity contribution in [2.75, 3.05) is 19.4 Å². The van der Waals surface area contributed by atoms with Crippen LogP contribution in [0.4, 0.5) is 23.7 Å². The van der Waals surface area contributed by atoms with E-state index in [2.05, 4.69) is 26.1 Å². The molecule has 0 unspecified atom stereocenters. The largest absolute Gasteiger partial charge is 0.490 e. The van der Waals surface area contributed by atoms with Crippen molar-refractivity contribution in [2.45, 2.75) is 19.3 Å². The average molecular weight is 437 g/mol. The first-order valence-electron chi connectivity index (χ1n) is 9.07. The molecule has 3 rings (SSSR count). The smallest absolute Gasteiger partial charge is 0.475 e. The number of hydrogen-bond donors (Lipinski definition) is 3. The molecule has 0 saturated heterocycles. The zero-order valence-corrected chi connectivity index (χ0v) is 16.8. The second-order valence-electron chi connectivity index (χ2n) is 6.60. The molecule has 2 amide bonds. The van der Waals surface area contributed by atoms with Crippen LogP contribution in [0.1, 0.15) is 11.3 Å². The Morgan fingerprint density at radius 3 is 2.32 bits per heavy atom. The van der Waals surface area contributed by atoms with Crippen molar-refractivity contribution in [2.24, 2.45) is 0 Å². The van der Waals surface area contributed by atoms with Crippen LogP contribution in [-0.4, -0.2) is 51.7 Å². The fraction of sp³-hybridized carbons (Fsp3) is 0.250. The highest BCUT2D eigenvalue weighted by atomic mass is 19.4. The fourth-order valence-electron chi connectivity index (χ4n) is 2.43. The van der Waals surface area contributed by atoms with Crippen molar-refractivity contribution >= 4 is 23.3 Å². The van der Waals surface area contributed by atoms with Crippen LogP contribution in [0.3, 0.4) is 0 Å². The molecule has 3 N–H and O–H groups in total. The third kappa shape index (κ3) is 7.30. The van der Waals surface area contributed by atoms with E-state index >= 15 is 0 Å². The van der Waals surface area contributed by atoms with E-state index in [1.807, 2.05) is 42.6 Å². The number of anilines is 1. The van der Waals surface area contributed by atoms with E-state index in [9.17, 15) is 18.0 Å². The minimum Gasteiger partial charge on any atom is -0.475 e. The molecule has 1 aromatic carbocycles. The van der Waals surface area contributed by atoms with Gasteiger partial charge in [0.05, 0.1) is 0 Å². The molecule has 0 atom stereocenters. The number of carbonyl (C=O) groups is 2. The van der Waals surface area contributed by atoms with Gasteiger partial charge in [-0.1, -0.05) is 18.2 Å². The summed E-state index contributed by atoms with van der Waals surface area (Å²) in [5.74, 6) is -2.76. The number of alkyl halides is 3. The van der Waals surface area contributed by atoms with Gasteiger partial charge < -0.3 is 25.0 Å². The molecule has 0 fully saturated rings. The van der Waals surface area contributed by atoms with E-state index in [0.29, 0.717) is 0 Å². The molecule has 11 heteroatoms. The molecule has 0 aliphatic carbocycles. The molecule has 0 saturated carbocycles. The summed E-state index contributed by atoms with van der Waals surface area (Å²) in [6, 6.07) is 13.8. The minimum absolute atomic E-state index is 0.130. The Balaban J connectivity index is 0.000000423. The molecule has 31 heavy (non-hydrogen) atoms. The number of benzene rings is 1. The normalized spacial score (nSPS) is 10.9. The van der Waals surface area contributed by atoms with Gasteiger partial charge in [-0.15, -0.1) is 0 Å². The first-order chi connectivity index (χ1) is 14.6. The number of fused-ring (bicyclic) bond motifs is 1. The van der Waals surface area contributed by atoms with Crippen LogP contribution in [0.15, 0.2) is 54.9 Å². The lowest BCUT2D eigenvalue weighted by Crippen LogP contribution is -2.27. The summed E-state index contributed by atoms with van der Waals surface area (Å²) in [6.45, 7) is 1.51. The summed E-state index contributed by atoms with van der Waals surface area (Å²) >= 11 is 0. The molecule has 166 valence electrons. The molecule has 0 spiro atoms. The number of amides is 2. The summed E-state index contributed by atoms with van der Waals surface area (Å²) in [5, 5.41) is 13.4. The summed E-state index contributed by atoms with van der Waals surface area (Å²) in [4.78, 5) is 26.3. The maximum absolute atomic E-state index is 11.6. The van der Waals surface area contributed by atoms with Gasteiger partial charge in [-0.25, -0.2) is 14.6 Å². The Bertz CT molecular complexity index is 1020. The van der Waals surface area contributed by atoms with Crippen LogP contribution in [0.2, 0.25) is 0 Å². The molecule has 0 aliphatic rings. The van der Waals surface area contributed by atoms with E-state index in [4.69, 9.17) is 9.90 Å². The molecule has 2 heterocycles. The van der Waals surface area contributed by atoms with Gasteiger partial charge in [-0.3, -0.25) is 0 Å². The Hall–Kier alpha value is -3.60. The molecule has 0 radical (unpaired) electrons. The van der Waals surface area contributed by atoms with Gasteiger partial charge in [0.1, 0.15) is 5.65 Å². The molecule has 2 aromatic heterocycles. The van der Waals surface area contributed by atoms with Gasteiger partial charge in [0.15, 0.2) is 0 Å². The van der Waals surface area contributed by atoms with Gasteiger partial charge in [0, 0.05) is 51.0 Å². The standard InChI is InChI=1S/C18H21N5O.C2HF3O2/c1-22(2)18(24)21-15-8-6-14(7-9-15)12-19-13-16-4-3-5-17-20-10-11-23(16)17;3-2(4,5)1(6)7/h3-11,19H,12-13H2,1-2H3,(H,21,24);(H,6,7). The van der Waals surface area contributed by atoms with E-state index in [1.54, 1.807) is 20.3 Å². The number of imidazole rings is 1. The van der Waals surface area contributed by atoms with Crippen molar-refractivity contribution < 1.29 is 27.9 Å². The molecular formula is C20H22F3N5O3. The Morgan fingerprint density at radius 1 is 1.10 bits per heavy atom. The number of carboxylic acids is 1. The van der Waals surface area contributed by atoms with Crippen LogP contribution >= 0.6 is 0 Å². The first kappa shape index (κ1) is 23.7. The zero-order valence-electron chi connectivity index (χ0n) is 16.8. The number of nitrogens with zero attached hydrogens (tertiary/aromatic N) is 3. The van der Waals surface area contributed by atoms with Crippen molar-refractivity contribution in [1.82, 2.24) is 19.6 Å². The van der Waals surface area contributed by atoms with E-state index in [-0.39, 0.29) is 6.03 Å². The predicted octanol–water partition coefficient (Wildman–Crippen LogP) is 3.35. The van der Waals surface area contributed by atoms with Gasteiger partial charge in [0.25, 0.3) is 0 Å². The average Bonchev–Trinajstić information content (AvgIpc) is 3.18. The lowest BCUT2D eigenvalue weighted by molar-refractivity contribution is -0.192. The van der Waals surface area contributed by atoms with Crippen molar-refractivity contribution in [3.05, 3.63) is 66.1 Å². The third-order valence-corrected chi connectivity index (χ3v) is 4.00. The fourth-order valence-corrected chi connectivity index (χ4v) is 2.43. The summed E-state index contributed by atoms with van der Waals surface area (Å²) in [5.41, 5.74) is 4.08. The predicted molar refractivity (Wildman–Crippen MR) is 109 cm³/mol. The minimum atomic E-state index is -5.08. The van der Waals surface area contributed by atoms with Crippen LogP contribution in [-0.2, 0) is 17.9 Å². The van der Waals surface area contributed by atoms with Crippen LogP contribution < -0.4 is 10.6 Å². The monoisotopic (exact) mass is 437 g/mol. The number of urea groups is 1. The highest BCUT2D eigenvalue weighted by molar-refractivity contribution is 5.88. The summed E-state index contributed by atoms with van der Waals surface area (Å²) in [7, 11) is 3.43. The molecule has 0 aliphatic heterocycles. The van der Waals surface area contributed by atoms with Crippen LogP contribution in [0.25, 0.3) is 5.65 Å². The first-order valence-corrected chi connectivity index (χ1v) is 9.07. The Kier molecular flexibility index (Phi) is 7.97. The number of aliphatic carboxylic acids is 1. The number of nitrogens with one attached hydrogen (secondary N) is 2. The Morgan fingerprint density at radius 2 is 1.74 bits per heavy atom. The lowest BCUT2D eigenvalue weighted by atomic mass is 10.2. The number of hydrogen-bond acceptors (Lipinski definition) is 4. The number of carbonyl (C=O) groups excluding carboxylic acids is 1. The molecule has 8 nitrogen and oxygen atoms in total. The van der Waals surface area contributed by atoms with E-state index < -0.39 is 12.1 Å². The van der Waals surface area contributed by atoms with Crippen molar-refractivity contribution in [3.8, 4) is 0 Å². The second-order valence-corrected chi connectivity index (χ2v) is 6.60. The van der Waals surface area contributed by atoms with E-state index in [1.165, 1.54) is 10.6 Å². The molecule has 3 aromatic rings. The number of rotatable bonds is 5. The van der Waals surface area contributed by atoms with Crippen molar-refractivity contribution in [3.63, 3.8) is 0 Å². The second kappa shape index (κ2) is 10.4. The number of pyridine rings is 1. The van der Waals surface area contributed by atoms with Gasteiger partial charge in [-0.05, 0) is 29.8 Å². The summed E-state index contributed by atoms with van der Waals surface area (Å²) in [6.07, 6.45) is -1.31. The molecular weight excluding hydrogens is 415 g/mol. The van der Waals surface area contributed by atoms with Gasteiger partial charge in [-0.2, -0.15) is 13.2 Å². The Labute approximate surface area is 176 Å². The number of carboxylic acid groups (broad SMARTS) is 1. The van der Waals surface area contributed by atoms with Gasteiger partial charge >= 0.3 is 18.2 Å². The topological polar surface area (TPSA) is 99.0 Å². The lowest BCUT2D eigenvalue weighted by Gasteiger charge is -2.12. The maximum atomic E-state index is 11.6. The highest BCUT2D eigenvalue weighted by Crippen LogP contribution is 2.13. The van der Waals surface area contributed by atoms with Crippen LogP contribution in [0.5, 0.6) is 0 Å². The number of halogens is 3.